The Balaban J connectivity index is 1.68. The van der Waals surface area contributed by atoms with Crippen LogP contribution in [0.15, 0.2) is 30.5 Å². The van der Waals surface area contributed by atoms with E-state index in [1.54, 1.807) is 23.1 Å². The zero-order chi connectivity index (χ0) is 16.0. The van der Waals surface area contributed by atoms with Crippen LogP contribution in [0.3, 0.4) is 0 Å². The number of nitrogens with one attached hydrogen (secondary N) is 1. The lowest BCUT2D eigenvalue weighted by atomic mass is 10.1. The highest BCUT2D eigenvalue weighted by atomic mass is 16.2. The van der Waals surface area contributed by atoms with Crippen LogP contribution in [0.25, 0.3) is 0 Å². The molecule has 23 heavy (non-hydrogen) atoms. The van der Waals surface area contributed by atoms with Crippen molar-refractivity contribution in [3.8, 4) is 0 Å². The predicted octanol–water partition coefficient (Wildman–Crippen LogP) is 1.66. The van der Waals surface area contributed by atoms with Crippen molar-refractivity contribution in [3.63, 3.8) is 0 Å². The summed E-state index contributed by atoms with van der Waals surface area (Å²) in [4.78, 5) is 32.3. The monoisotopic (exact) mass is 310 g/mol. The number of urea groups is 1. The van der Waals surface area contributed by atoms with Gasteiger partial charge in [0.15, 0.2) is 17.4 Å². The van der Waals surface area contributed by atoms with Crippen LogP contribution in [0.1, 0.15) is 23.8 Å². The summed E-state index contributed by atoms with van der Waals surface area (Å²) in [6.45, 7) is 2.33. The largest absolute Gasteiger partial charge is 0.347 e. The molecule has 116 valence electrons. The van der Waals surface area contributed by atoms with E-state index in [2.05, 4.69) is 25.4 Å². The summed E-state index contributed by atoms with van der Waals surface area (Å²) >= 11 is 0. The molecule has 1 fully saturated rings. The minimum atomic E-state index is -0.327. The third-order valence-corrected chi connectivity index (χ3v) is 4.06. The Bertz CT molecular complexity index is 794. The van der Waals surface area contributed by atoms with Gasteiger partial charge in [-0.15, -0.1) is 5.10 Å². The first-order valence-electron chi connectivity index (χ1n) is 7.31. The quantitative estimate of drug-likeness (QED) is 0.848. The Morgan fingerprint density at radius 2 is 2.17 bits per heavy atom. The molecule has 2 aliphatic rings. The lowest BCUT2D eigenvalue weighted by Gasteiger charge is -2.39. The van der Waals surface area contributed by atoms with Crippen LogP contribution in [-0.4, -0.2) is 39.7 Å². The molecule has 1 saturated heterocycles. The van der Waals surface area contributed by atoms with Crippen molar-refractivity contribution >= 4 is 29.1 Å². The van der Waals surface area contributed by atoms with E-state index in [1.807, 2.05) is 6.07 Å². The van der Waals surface area contributed by atoms with E-state index in [1.165, 1.54) is 13.1 Å². The van der Waals surface area contributed by atoms with Crippen LogP contribution in [0.5, 0.6) is 0 Å². The molecular formula is C15H14N6O2. The maximum absolute atomic E-state index is 12.6. The summed E-state index contributed by atoms with van der Waals surface area (Å²) in [7, 11) is 0. The highest BCUT2D eigenvalue weighted by Crippen LogP contribution is 2.44. The summed E-state index contributed by atoms with van der Waals surface area (Å²) in [5.41, 5.74) is 1.23. The molecule has 0 aromatic carbocycles. The smallest absolute Gasteiger partial charge is 0.330 e. The molecule has 2 aromatic rings. The highest BCUT2D eigenvalue weighted by molar-refractivity contribution is 6.06. The number of Topliss-reactive ketones (excluding diaryl/α,β-unsaturated/α-hetero) is 1. The molecule has 8 nitrogen and oxygen atoms in total. The molecule has 0 unspecified atom stereocenters. The number of anilines is 3. The number of carbonyl (C=O) groups excluding carboxylic acids is 2. The Hall–Kier alpha value is -3.03. The number of pyridine rings is 1. The minimum absolute atomic E-state index is 0.0589. The number of amides is 2. The molecule has 1 atom stereocenters. The molecule has 2 aliphatic heterocycles. The van der Waals surface area contributed by atoms with Gasteiger partial charge in [0.1, 0.15) is 11.9 Å². The van der Waals surface area contributed by atoms with Crippen molar-refractivity contribution in [1.29, 1.82) is 0 Å². The number of hydrogen-bond donors (Lipinski definition) is 1. The van der Waals surface area contributed by atoms with E-state index in [0.29, 0.717) is 17.3 Å². The van der Waals surface area contributed by atoms with Gasteiger partial charge in [0.2, 0.25) is 0 Å². The van der Waals surface area contributed by atoms with Crippen molar-refractivity contribution in [2.24, 2.45) is 0 Å². The van der Waals surface area contributed by atoms with Gasteiger partial charge >= 0.3 is 6.03 Å². The molecule has 0 spiro atoms. The van der Waals surface area contributed by atoms with E-state index < -0.39 is 0 Å². The van der Waals surface area contributed by atoms with Crippen molar-refractivity contribution in [3.05, 3.63) is 36.2 Å². The van der Waals surface area contributed by atoms with Crippen molar-refractivity contribution in [1.82, 2.24) is 15.2 Å². The van der Waals surface area contributed by atoms with Crippen molar-refractivity contribution in [2.45, 2.75) is 19.5 Å². The Kier molecular flexibility index (Phi) is 2.97. The van der Waals surface area contributed by atoms with Crippen LogP contribution < -0.4 is 15.1 Å². The molecule has 4 rings (SSSR count). The number of ketones is 1. The molecule has 1 N–H and O–H groups in total. The fraction of sp³-hybridized carbons (Fsp3) is 0.267. The van der Waals surface area contributed by atoms with Gasteiger partial charge in [0.25, 0.3) is 0 Å². The molecule has 2 aromatic heterocycles. The maximum Gasteiger partial charge on any atom is 0.330 e. The average Bonchev–Trinajstić information content (AvgIpc) is 2.74. The number of fused-ring (bicyclic) bond motifs is 3. The molecule has 0 radical (unpaired) electrons. The lowest BCUT2D eigenvalue weighted by Crippen LogP contribution is -2.56. The first kappa shape index (κ1) is 13.6. The summed E-state index contributed by atoms with van der Waals surface area (Å²) in [6, 6.07) is 6.58. The fourth-order valence-corrected chi connectivity index (χ4v) is 2.87. The molecule has 4 heterocycles. The normalized spacial score (nSPS) is 18.0. The first-order chi connectivity index (χ1) is 11.1. The number of rotatable bonds is 2. The van der Waals surface area contributed by atoms with E-state index in [0.717, 1.165) is 18.7 Å². The highest BCUT2D eigenvalue weighted by Gasteiger charge is 2.46. The fourth-order valence-electron chi connectivity index (χ4n) is 2.87. The van der Waals surface area contributed by atoms with Gasteiger partial charge in [-0.1, -0.05) is 0 Å². The van der Waals surface area contributed by atoms with Crippen LogP contribution in [0, 0.1) is 0 Å². The van der Waals surface area contributed by atoms with Gasteiger partial charge in [0, 0.05) is 26.1 Å². The summed E-state index contributed by atoms with van der Waals surface area (Å²) in [5, 5.41) is 10.3. The number of carbonyl (C=O) groups is 2. The third-order valence-electron chi connectivity index (χ3n) is 4.06. The minimum Gasteiger partial charge on any atom is -0.347 e. The molecule has 0 bridgehead atoms. The van der Waals surface area contributed by atoms with Gasteiger partial charge in [-0.05, 0) is 24.3 Å². The van der Waals surface area contributed by atoms with E-state index in [9.17, 15) is 9.59 Å². The molecule has 0 aliphatic carbocycles. The van der Waals surface area contributed by atoms with Crippen molar-refractivity contribution in [2.75, 3.05) is 21.7 Å². The second kappa shape index (κ2) is 5.01. The average molecular weight is 310 g/mol. The Labute approximate surface area is 132 Å². The Morgan fingerprint density at radius 1 is 1.30 bits per heavy atom. The molecule has 8 heteroatoms. The van der Waals surface area contributed by atoms with Crippen LogP contribution in [-0.2, 0) is 0 Å². The van der Waals surface area contributed by atoms with Gasteiger partial charge in [-0.3, -0.25) is 15.0 Å². The SMILES string of the molecule is CC(=O)c1ccc2c(n1)N(C(=O)Nc1cccnn1)[C@H]1CCN21. The van der Waals surface area contributed by atoms with Gasteiger partial charge in [-0.2, -0.15) is 5.10 Å². The number of nitrogens with zero attached hydrogens (tertiary/aromatic N) is 5. The van der Waals surface area contributed by atoms with E-state index >= 15 is 0 Å². The van der Waals surface area contributed by atoms with E-state index in [4.69, 9.17) is 0 Å². The molecule has 2 amide bonds. The van der Waals surface area contributed by atoms with Crippen LogP contribution in [0.2, 0.25) is 0 Å². The zero-order valence-electron chi connectivity index (χ0n) is 12.4. The Morgan fingerprint density at radius 3 is 2.83 bits per heavy atom. The van der Waals surface area contributed by atoms with E-state index in [-0.39, 0.29) is 18.0 Å². The van der Waals surface area contributed by atoms with Crippen LogP contribution in [0.4, 0.5) is 22.1 Å². The van der Waals surface area contributed by atoms with Crippen LogP contribution >= 0.6 is 0 Å². The lowest BCUT2D eigenvalue weighted by molar-refractivity contribution is 0.101. The predicted molar refractivity (Wildman–Crippen MR) is 83.5 cm³/mol. The van der Waals surface area contributed by atoms with Gasteiger partial charge in [0.05, 0.1) is 5.69 Å². The second-order valence-corrected chi connectivity index (χ2v) is 5.47. The van der Waals surface area contributed by atoms with Gasteiger partial charge < -0.3 is 4.90 Å². The molecular weight excluding hydrogens is 296 g/mol. The summed E-state index contributed by atoms with van der Waals surface area (Å²) in [6.07, 6.45) is 2.34. The summed E-state index contributed by atoms with van der Waals surface area (Å²) < 4.78 is 0. The summed E-state index contributed by atoms with van der Waals surface area (Å²) in [5.74, 6) is 0.762. The zero-order valence-corrected chi connectivity index (χ0v) is 12.4. The topological polar surface area (TPSA) is 91.3 Å². The standard InChI is InChI=1S/C15H14N6O2/c1-9(22)10-4-5-11-14(17-10)21(13-6-8-20(11)13)15(23)18-12-3-2-7-16-19-12/h2-5,7,13H,6,8H2,1H3,(H,18,19,23)/t13-/m0/s1. The number of hydrogen-bond acceptors (Lipinski definition) is 6. The van der Waals surface area contributed by atoms with Gasteiger partial charge in [-0.25, -0.2) is 9.78 Å². The number of aromatic nitrogens is 3. The van der Waals surface area contributed by atoms with Crippen molar-refractivity contribution < 1.29 is 9.59 Å². The third kappa shape index (κ3) is 2.10. The maximum atomic E-state index is 12.6. The first-order valence-corrected chi connectivity index (χ1v) is 7.31. The second-order valence-electron chi connectivity index (χ2n) is 5.47. The molecule has 0 saturated carbocycles.